The summed E-state index contributed by atoms with van der Waals surface area (Å²) in [5.41, 5.74) is 5.24. The Morgan fingerprint density at radius 3 is 2.25 bits per heavy atom. The Balaban J connectivity index is 4.05. The van der Waals surface area contributed by atoms with Gasteiger partial charge in [0.05, 0.1) is 0 Å². The maximum atomic E-state index is 10.9. The number of nitrogens with zero attached hydrogens (tertiary/aromatic N) is 1. The van der Waals surface area contributed by atoms with Gasteiger partial charge in [-0.1, -0.05) is 13.3 Å². The molecule has 0 unspecified atom stereocenters. The van der Waals surface area contributed by atoms with Gasteiger partial charge in [0.1, 0.15) is 0 Å². The first-order valence-electron chi connectivity index (χ1n) is 4.00. The second kappa shape index (κ2) is 5.47. The molecular weight excluding hydrogens is 178 g/mol. The van der Waals surface area contributed by atoms with Gasteiger partial charge in [0.2, 0.25) is 0 Å². The average Bonchev–Trinajstić information content (AvgIpc) is 1.95. The van der Waals surface area contributed by atoms with E-state index in [9.17, 15) is 8.42 Å². The Kier molecular flexibility index (Phi) is 5.39. The zero-order chi connectivity index (χ0) is 9.61. The fraction of sp³-hybridized carbons (Fsp3) is 1.00. The number of hydrogen-bond acceptors (Lipinski definition) is 3. The van der Waals surface area contributed by atoms with Gasteiger partial charge in [-0.05, 0) is 6.42 Å². The molecule has 4 N–H and O–H groups in total. The highest BCUT2D eigenvalue weighted by atomic mass is 32.2. The zero-order valence-electron chi connectivity index (χ0n) is 7.36. The second-order valence-corrected chi connectivity index (χ2v) is 4.13. The summed E-state index contributed by atoms with van der Waals surface area (Å²) in [6, 6.07) is 0. The van der Waals surface area contributed by atoms with Crippen LogP contribution in [0.15, 0.2) is 0 Å². The Hall–Kier alpha value is -0.170. The molecule has 74 valence electrons. The summed E-state index contributed by atoms with van der Waals surface area (Å²) in [6.07, 6.45) is 1.76. The van der Waals surface area contributed by atoms with Crippen molar-refractivity contribution in [3.05, 3.63) is 0 Å². The van der Waals surface area contributed by atoms with Crippen LogP contribution >= 0.6 is 0 Å². The molecule has 0 amide bonds. The summed E-state index contributed by atoms with van der Waals surface area (Å²) in [5, 5.41) is 4.95. The summed E-state index contributed by atoms with van der Waals surface area (Å²) < 4.78 is 23.0. The molecule has 0 fully saturated rings. The molecule has 0 aromatic rings. The lowest BCUT2D eigenvalue weighted by molar-refractivity contribution is 0.411. The number of nitrogens with two attached hydrogens (primary N) is 2. The van der Waals surface area contributed by atoms with Crippen molar-refractivity contribution in [1.29, 1.82) is 0 Å². The first kappa shape index (κ1) is 11.8. The molecule has 0 aliphatic carbocycles. The van der Waals surface area contributed by atoms with Crippen LogP contribution in [0.2, 0.25) is 0 Å². The standard InChI is InChI=1S/C6H17N3O2S/c1-2-3-5-9(6-4-7)12(8,10)11/h2-7H2,1H3,(H2,8,10,11). The lowest BCUT2D eigenvalue weighted by Crippen LogP contribution is -2.40. The highest BCUT2D eigenvalue weighted by Crippen LogP contribution is 1.97. The SMILES string of the molecule is CCCCN(CCN)S(N)(=O)=O. The van der Waals surface area contributed by atoms with Gasteiger partial charge < -0.3 is 5.73 Å². The normalized spacial score (nSPS) is 12.3. The molecule has 0 heterocycles. The van der Waals surface area contributed by atoms with Crippen LogP contribution in [0.1, 0.15) is 19.8 Å². The van der Waals surface area contributed by atoms with Crippen LogP contribution in [-0.4, -0.2) is 32.4 Å². The van der Waals surface area contributed by atoms with Gasteiger partial charge in [0, 0.05) is 19.6 Å². The molecule has 6 heteroatoms. The fourth-order valence-electron chi connectivity index (χ4n) is 0.845. The molecule has 0 aliphatic rings. The van der Waals surface area contributed by atoms with Crippen molar-refractivity contribution >= 4 is 10.2 Å². The molecule has 0 saturated carbocycles. The van der Waals surface area contributed by atoms with E-state index in [1.807, 2.05) is 6.92 Å². The van der Waals surface area contributed by atoms with Crippen molar-refractivity contribution in [2.24, 2.45) is 10.9 Å². The molecule has 12 heavy (non-hydrogen) atoms. The molecule has 5 nitrogen and oxygen atoms in total. The van der Waals surface area contributed by atoms with Gasteiger partial charge in [0.25, 0.3) is 10.2 Å². The summed E-state index contributed by atoms with van der Waals surface area (Å²) in [5.74, 6) is 0. The summed E-state index contributed by atoms with van der Waals surface area (Å²) >= 11 is 0. The van der Waals surface area contributed by atoms with E-state index >= 15 is 0 Å². The number of unbranched alkanes of at least 4 members (excludes halogenated alkanes) is 1. The van der Waals surface area contributed by atoms with Crippen molar-refractivity contribution in [2.75, 3.05) is 19.6 Å². The van der Waals surface area contributed by atoms with Crippen molar-refractivity contribution < 1.29 is 8.42 Å². The van der Waals surface area contributed by atoms with Crippen LogP contribution in [0.25, 0.3) is 0 Å². The molecule has 0 bridgehead atoms. The highest BCUT2D eigenvalue weighted by molar-refractivity contribution is 7.86. The van der Waals surface area contributed by atoms with Gasteiger partial charge in [-0.2, -0.15) is 12.7 Å². The molecule has 0 radical (unpaired) electrons. The van der Waals surface area contributed by atoms with Gasteiger partial charge in [-0.15, -0.1) is 0 Å². The Labute approximate surface area is 73.9 Å². The first-order chi connectivity index (χ1) is 5.52. The number of hydrogen-bond donors (Lipinski definition) is 2. The third-order valence-electron chi connectivity index (χ3n) is 1.50. The van der Waals surface area contributed by atoms with Gasteiger partial charge in [-0.25, -0.2) is 5.14 Å². The van der Waals surface area contributed by atoms with Crippen molar-refractivity contribution in [3.63, 3.8) is 0 Å². The second-order valence-electron chi connectivity index (χ2n) is 2.59. The minimum atomic E-state index is -3.55. The Morgan fingerprint density at radius 1 is 1.33 bits per heavy atom. The topological polar surface area (TPSA) is 89.4 Å². The third kappa shape index (κ3) is 4.66. The smallest absolute Gasteiger partial charge is 0.276 e. The van der Waals surface area contributed by atoms with Crippen LogP contribution in [-0.2, 0) is 10.2 Å². The monoisotopic (exact) mass is 195 g/mol. The van der Waals surface area contributed by atoms with E-state index in [4.69, 9.17) is 10.9 Å². The van der Waals surface area contributed by atoms with E-state index < -0.39 is 10.2 Å². The minimum Gasteiger partial charge on any atom is -0.329 e. The van der Waals surface area contributed by atoms with E-state index in [2.05, 4.69) is 0 Å². The van der Waals surface area contributed by atoms with E-state index in [0.29, 0.717) is 19.6 Å². The average molecular weight is 195 g/mol. The highest BCUT2D eigenvalue weighted by Gasteiger charge is 2.14. The van der Waals surface area contributed by atoms with Crippen molar-refractivity contribution in [2.45, 2.75) is 19.8 Å². The van der Waals surface area contributed by atoms with E-state index in [0.717, 1.165) is 12.8 Å². The lowest BCUT2D eigenvalue weighted by Gasteiger charge is -2.17. The van der Waals surface area contributed by atoms with Crippen LogP contribution in [0.3, 0.4) is 0 Å². The fourth-order valence-corrected chi connectivity index (χ4v) is 1.59. The molecule has 0 aromatic carbocycles. The third-order valence-corrected chi connectivity index (χ3v) is 2.58. The molecule has 0 aromatic heterocycles. The quantitative estimate of drug-likeness (QED) is 0.584. The van der Waals surface area contributed by atoms with Crippen molar-refractivity contribution in [1.82, 2.24) is 4.31 Å². The molecule has 0 atom stereocenters. The maximum Gasteiger partial charge on any atom is 0.276 e. The summed E-state index contributed by atoms with van der Waals surface area (Å²) in [7, 11) is -3.55. The predicted octanol–water partition coefficient (Wildman–Crippen LogP) is -0.749. The van der Waals surface area contributed by atoms with Gasteiger partial charge in [0.15, 0.2) is 0 Å². The van der Waals surface area contributed by atoms with Crippen LogP contribution < -0.4 is 10.9 Å². The Morgan fingerprint density at radius 2 is 1.92 bits per heavy atom. The largest absolute Gasteiger partial charge is 0.329 e. The molecule has 0 saturated heterocycles. The predicted molar refractivity (Wildman–Crippen MR) is 48.6 cm³/mol. The Bertz CT molecular complexity index is 203. The molecule has 0 aliphatic heterocycles. The summed E-state index contributed by atoms with van der Waals surface area (Å²) in [4.78, 5) is 0. The molecule has 0 spiro atoms. The van der Waals surface area contributed by atoms with E-state index in [-0.39, 0.29) is 0 Å². The molecule has 0 rings (SSSR count). The van der Waals surface area contributed by atoms with Gasteiger partial charge in [-0.3, -0.25) is 0 Å². The maximum absolute atomic E-state index is 10.9. The van der Waals surface area contributed by atoms with Crippen LogP contribution in [0.5, 0.6) is 0 Å². The van der Waals surface area contributed by atoms with E-state index in [1.165, 1.54) is 4.31 Å². The lowest BCUT2D eigenvalue weighted by atomic mass is 10.3. The first-order valence-corrected chi connectivity index (χ1v) is 5.50. The molecular formula is C6H17N3O2S. The van der Waals surface area contributed by atoms with Crippen molar-refractivity contribution in [3.8, 4) is 0 Å². The number of rotatable bonds is 6. The summed E-state index contributed by atoms with van der Waals surface area (Å²) in [6.45, 7) is 3.06. The van der Waals surface area contributed by atoms with E-state index in [1.54, 1.807) is 0 Å². The van der Waals surface area contributed by atoms with Crippen LogP contribution in [0, 0.1) is 0 Å². The minimum absolute atomic E-state index is 0.304. The van der Waals surface area contributed by atoms with Crippen LogP contribution in [0.4, 0.5) is 0 Å². The zero-order valence-corrected chi connectivity index (χ0v) is 8.18. The van der Waals surface area contributed by atoms with Gasteiger partial charge >= 0.3 is 0 Å².